The lowest BCUT2D eigenvalue weighted by Gasteiger charge is -2.14. The van der Waals surface area contributed by atoms with Crippen LogP contribution in [-0.2, 0) is 17.5 Å². The average Bonchev–Trinajstić information content (AvgIpc) is 2.89. The number of halogens is 3. The van der Waals surface area contributed by atoms with Crippen molar-refractivity contribution >= 4 is 0 Å². The normalized spacial score (nSPS) is 11.6. The molecule has 0 saturated carbocycles. The monoisotopic (exact) mass is 287 g/mol. The molecule has 8 heteroatoms. The van der Waals surface area contributed by atoms with Gasteiger partial charge < -0.3 is 9.47 Å². The number of hydrogen-bond acceptors (Lipinski definition) is 4. The minimum atomic E-state index is -4.50. The molecule has 2 aromatic rings. The van der Waals surface area contributed by atoms with E-state index in [1.165, 1.54) is 36.4 Å². The number of rotatable bonds is 5. The van der Waals surface area contributed by atoms with Gasteiger partial charge in [-0.2, -0.15) is 28.2 Å². The Morgan fingerprint density at radius 1 is 1.20 bits per heavy atom. The van der Waals surface area contributed by atoms with E-state index in [1.807, 2.05) is 0 Å². The molecule has 0 saturated heterocycles. The van der Waals surface area contributed by atoms with Crippen molar-refractivity contribution in [2.45, 2.75) is 12.7 Å². The first kappa shape index (κ1) is 14.3. The fourth-order valence-corrected chi connectivity index (χ4v) is 1.63. The van der Waals surface area contributed by atoms with Gasteiger partial charge in [-0.1, -0.05) is 6.07 Å². The maximum absolute atomic E-state index is 13.0. The van der Waals surface area contributed by atoms with Gasteiger partial charge in [0.1, 0.15) is 5.75 Å². The molecular formula is C12H12F3N3O2. The molecule has 0 aliphatic rings. The molecule has 2 rings (SSSR count). The Morgan fingerprint density at radius 3 is 2.50 bits per heavy atom. The lowest BCUT2D eigenvalue weighted by atomic mass is 10.1. The topological polar surface area (TPSA) is 49.2 Å². The highest BCUT2D eigenvalue weighted by Gasteiger charge is 2.34. The summed E-state index contributed by atoms with van der Waals surface area (Å²) in [5, 5.41) is 7.70. The third-order valence-corrected chi connectivity index (χ3v) is 2.47. The predicted molar refractivity (Wildman–Crippen MR) is 63.1 cm³/mol. The zero-order chi connectivity index (χ0) is 14.6. The van der Waals surface area contributed by atoms with E-state index in [4.69, 9.17) is 4.74 Å². The Kier molecular flexibility index (Phi) is 4.23. The van der Waals surface area contributed by atoms with Gasteiger partial charge in [-0.3, -0.25) is 0 Å². The molecule has 5 nitrogen and oxygen atoms in total. The number of alkyl halides is 3. The summed E-state index contributed by atoms with van der Waals surface area (Å²) in [6.07, 6.45) is -1.59. The molecule has 1 heterocycles. The molecular weight excluding hydrogens is 275 g/mol. The van der Waals surface area contributed by atoms with E-state index in [1.54, 1.807) is 0 Å². The lowest BCUT2D eigenvalue weighted by Crippen LogP contribution is -2.12. The van der Waals surface area contributed by atoms with E-state index >= 15 is 0 Å². The molecule has 0 radical (unpaired) electrons. The van der Waals surface area contributed by atoms with Crippen LogP contribution in [0, 0.1) is 0 Å². The number of ether oxygens (including phenoxy) is 2. The minimum Gasteiger partial charge on any atom is -0.467 e. The maximum Gasteiger partial charge on any atom is 0.419 e. The second-order valence-electron chi connectivity index (χ2n) is 3.94. The van der Waals surface area contributed by atoms with Crippen molar-refractivity contribution in [2.24, 2.45) is 0 Å². The Hall–Kier alpha value is -2.09. The molecule has 0 spiro atoms. The van der Waals surface area contributed by atoms with E-state index in [2.05, 4.69) is 14.9 Å². The Balaban J connectivity index is 2.28. The van der Waals surface area contributed by atoms with Gasteiger partial charge >= 0.3 is 6.18 Å². The number of nitrogens with zero attached hydrogens (tertiary/aromatic N) is 3. The maximum atomic E-state index is 13.0. The van der Waals surface area contributed by atoms with Crippen molar-refractivity contribution in [3.05, 3.63) is 41.7 Å². The quantitative estimate of drug-likeness (QED) is 0.792. The largest absolute Gasteiger partial charge is 0.467 e. The van der Waals surface area contributed by atoms with Crippen LogP contribution in [0.1, 0.15) is 11.1 Å². The molecule has 0 N–H and O–H groups in total. The van der Waals surface area contributed by atoms with Gasteiger partial charge in [0.15, 0.2) is 6.79 Å². The average molecular weight is 287 g/mol. The number of methoxy groups -OCH3 is 1. The van der Waals surface area contributed by atoms with Crippen molar-refractivity contribution < 1.29 is 22.6 Å². The van der Waals surface area contributed by atoms with E-state index in [0.29, 0.717) is 5.56 Å². The molecule has 0 bridgehead atoms. The minimum absolute atomic E-state index is 0.153. The second kappa shape index (κ2) is 5.91. The molecule has 1 aromatic heterocycles. The highest BCUT2D eigenvalue weighted by atomic mass is 19.4. The van der Waals surface area contributed by atoms with Gasteiger partial charge in [0.2, 0.25) is 0 Å². The van der Waals surface area contributed by atoms with E-state index < -0.39 is 11.7 Å². The molecule has 108 valence electrons. The second-order valence-corrected chi connectivity index (χ2v) is 3.94. The van der Waals surface area contributed by atoms with E-state index in [-0.39, 0.29) is 19.1 Å². The van der Waals surface area contributed by atoms with Crippen LogP contribution in [0.15, 0.2) is 30.6 Å². The highest BCUT2D eigenvalue weighted by Crippen LogP contribution is 2.36. The standard InChI is InChI=1S/C12H12F3N3O2/c1-19-8-20-11-3-2-9(6-10(11)12(13,14)15)7-18-16-4-5-17-18/h2-6H,7-8H2,1H3. The third-order valence-electron chi connectivity index (χ3n) is 2.47. The van der Waals surface area contributed by atoms with Crippen molar-refractivity contribution in [1.29, 1.82) is 0 Å². The van der Waals surface area contributed by atoms with Crippen LogP contribution in [0.3, 0.4) is 0 Å². The van der Waals surface area contributed by atoms with Crippen LogP contribution in [0.4, 0.5) is 13.2 Å². The molecule has 1 aromatic carbocycles. The fraction of sp³-hybridized carbons (Fsp3) is 0.333. The summed E-state index contributed by atoms with van der Waals surface area (Å²) >= 11 is 0. The smallest absolute Gasteiger partial charge is 0.419 e. The zero-order valence-corrected chi connectivity index (χ0v) is 10.6. The van der Waals surface area contributed by atoms with Crippen LogP contribution in [0.5, 0.6) is 5.75 Å². The summed E-state index contributed by atoms with van der Waals surface area (Å²) in [6.45, 7) is -0.0935. The number of benzene rings is 1. The highest BCUT2D eigenvalue weighted by molar-refractivity contribution is 5.39. The summed E-state index contributed by atoms with van der Waals surface area (Å²) in [5.41, 5.74) is -0.419. The van der Waals surface area contributed by atoms with Gasteiger partial charge in [-0.15, -0.1) is 0 Å². The number of hydrogen-bond donors (Lipinski definition) is 0. The van der Waals surface area contributed by atoms with Gasteiger partial charge in [-0.25, -0.2) is 0 Å². The van der Waals surface area contributed by atoms with Crippen molar-refractivity contribution in [1.82, 2.24) is 15.0 Å². The van der Waals surface area contributed by atoms with Crippen LogP contribution in [0.2, 0.25) is 0 Å². The lowest BCUT2D eigenvalue weighted by molar-refractivity contribution is -0.139. The van der Waals surface area contributed by atoms with Crippen LogP contribution in [0.25, 0.3) is 0 Å². The predicted octanol–water partition coefficient (Wildman–Crippen LogP) is 2.33. The van der Waals surface area contributed by atoms with Gasteiger partial charge in [0, 0.05) is 7.11 Å². The first-order valence-corrected chi connectivity index (χ1v) is 5.66. The summed E-state index contributed by atoms with van der Waals surface area (Å²) in [4.78, 5) is 1.30. The van der Waals surface area contributed by atoms with Gasteiger partial charge in [0.05, 0.1) is 24.5 Å². The molecule has 0 fully saturated rings. The van der Waals surface area contributed by atoms with E-state index in [0.717, 1.165) is 6.07 Å². The Labute approximate surface area is 112 Å². The molecule has 0 atom stereocenters. The van der Waals surface area contributed by atoms with Crippen molar-refractivity contribution in [2.75, 3.05) is 13.9 Å². The first-order valence-electron chi connectivity index (χ1n) is 5.66. The summed E-state index contributed by atoms with van der Waals surface area (Å²) < 4.78 is 48.5. The van der Waals surface area contributed by atoms with Gasteiger partial charge in [-0.05, 0) is 17.7 Å². The fourth-order valence-electron chi connectivity index (χ4n) is 1.63. The van der Waals surface area contributed by atoms with E-state index in [9.17, 15) is 13.2 Å². The van der Waals surface area contributed by atoms with Crippen LogP contribution < -0.4 is 4.74 Å². The SMILES string of the molecule is COCOc1ccc(Cn2nccn2)cc1C(F)(F)F. The number of aromatic nitrogens is 3. The zero-order valence-electron chi connectivity index (χ0n) is 10.6. The van der Waals surface area contributed by atoms with Crippen LogP contribution >= 0.6 is 0 Å². The molecule has 0 aliphatic carbocycles. The van der Waals surface area contributed by atoms with Gasteiger partial charge in [0.25, 0.3) is 0 Å². The molecule has 0 amide bonds. The molecule has 0 unspecified atom stereocenters. The van der Waals surface area contributed by atoms with Crippen molar-refractivity contribution in [3.63, 3.8) is 0 Å². The summed E-state index contributed by atoms with van der Waals surface area (Å²) in [6, 6.07) is 3.82. The Bertz CT molecular complexity index is 556. The Morgan fingerprint density at radius 2 is 1.90 bits per heavy atom. The van der Waals surface area contributed by atoms with Crippen LogP contribution in [-0.4, -0.2) is 28.9 Å². The molecule has 20 heavy (non-hydrogen) atoms. The summed E-state index contributed by atoms with van der Waals surface area (Å²) in [5.74, 6) is -0.267. The third kappa shape index (κ3) is 3.47. The van der Waals surface area contributed by atoms with Crippen molar-refractivity contribution in [3.8, 4) is 5.75 Å². The molecule has 0 aliphatic heterocycles. The summed E-state index contributed by atoms with van der Waals surface area (Å²) in [7, 11) is 1.34. The first-order chi connectivity index (χ1) is 9.50.